The topological polar surface area (TPSA) is 130 Å². The lowest BCUT2D eigenvalue weighted by Gasteiger charge is -2.33. The summed E-state index contributed by atoms with van der Waals surface area (Å²) in [5, 5.41) is 15.8. The molecule has 2 N–H and O–H groups in total. The van der Waals surface area contributed by atoms with Gasteiger partial charge in [0, 0.05) is 38.4 Å². The van der Waals surface area contributed by atoms with E-state index in [9.17, 15) is 31.1 Å². The molecular formula is C22H27F6N3O7. The molecule has 0 bridgehead atoms. The molecule has 3 atom stereocenters. The highest BCUT2D eigenvalue weighted by molar-refractivity contribution is 5.75. The number of alkyl halides is 6. The van der Waals surface area contributed by atoms with Crippen molar-refractivity contribution >= 4 is 17.8 Å². The van der Waals surface area contributed by atoms with Crippen LogP contribution in [0.5, 0.6) is 0 Å². The number of hydrogen-bond donors (Lipinski definition) is 2. The number of nitrogens with zero attached hydrogens (tertiary/aromatic N) is 3. The lowest BCUT2D eigenvalue weighted by molar-refractivity contribution is -0.193. The molecule has 1 aromatic rings. The Balaban J connectivity index is 0.000000301. The maximum absolute atomic E-state index is 12.4. The summed E-state index contributed by atoms with van der Waals surface area (Å²) in [6.45, 7) is 5.97. The quantitative estimate of drug-likeness (QED) is 0.535. The molecule has 3 aliphatic heterocycles. The zero-order chi connectivity index (χ0) is 28.5. The van der Waals surface area contributed by atoms with Crippen LogP contribution >= 0.6 is 0 Å². The molecule has 16 heteroatoms. The van der Waals surface area contributed by atoms with Gasteiger partial charge in [-0.3, -0.25) is 19.5 Å². The van der Waals surface area contributed by atoms with Gasteiger partial charge in [0.25, 0.3) is 0 Å². The monoisotopic (exact) mass is 559 g/mol. The molecule has 10 nitrogen and oxygen atoms in total. The van der Waals surface area contributed by atoms with Crippen molar-refractivity contribution in [1.82, 2.24) is 14.9 Å². The number of amides is 1. The highest BCUT2D eigenvalue weighted by atomic mass is 19.4. The van der Waals surface area contributed by atoms with Crippen molar-refractivity contribution in [1.29, 1.82) is 0 Å². The molecule has 38 heavy (non-hydrogen) atoms. The van der Waals surface area contributed by atoms with Gasteiger partial charge in [-0.05, 0) is 41.9 Å². The highest BCUT2D eigenvalue weighted by Crippen LogP contribution is 2.36. The van der Waals surface area contributed by atoms with Gasteiger partial charge in [-0.15, -0.1) is 0 Å². The van der Waals surface area contributed by atoms with Crippen LogP contribution in [0.1, 0.15) is 18.4 Å². The molecule has 3 fully saturated rings. The standard InChI is InChI=1S/C18H25N3O3.2C2HF3O2/c22-18(21-6-1-7-24-21)8-15-12-23-13-16-10-20(11-17(15)16)9-14-2-4-19-5-3-14;2*3-2(4,5)1(6)7/h2-5,15-17H,1,6-13H2;2*(H,6,7)/t15-,16-,17+;;/m1../s1. The Bertz CT molecular complexity index is 902. The molecule has 0 aromatic carbocycles. The largest absolute Gasteiger partial charge is 0.490 e. The average Bonchev–Trinajstić information content (AvgIpc) is 3.50. The maximum Gasteiger partial charge on any atom is 0.490 e. The van der Waals surface area contributed by atoms with Crippen LogP contribution in [-0.4, -0.2) is 94.8 Å². The van der Waals surface area contributed by atoms with Crippen LogP contribution in [0.4, 0.5) is 26.3 Å². The van der Waals surface area contributed by atoms with Crippen LogP contribution in [0.15, 0.2) is 24.5 Å². The van der Waals surface area contributed by atoms with E-state index in [0.717, 1.165) is 39.2 Å². The van der Waals surface area contributed by atoms with Crippen molar-refractivity contribution in [3.8, 4) is 0 Å². The first-order valence-electron chi connectivity index (χ1n) is 11.4. The summed E-state index contributed by atoms with van der Waals surface area (Å²) in [6.07, 6.45) is -4.99. The fraction of sp³-hybridized carbons (Fsp3) is 0.636. The van der Waals surface area contributed by atoms with Crippen molar-refractivity contribution in [2.24, 2.45) is 17.8 Å². The fourth-order valence-electron chi connectivity index (χ4n) is 4.25. The Morgan fingerprint density at radius 3 is 2.05 bits per heavy atom. The van der Waals surface area contributed by atoms with Gasteiger partial charge in [0.2, 0.25) is 5.91 Å². The highest BCUT2D eigenvalue weighted by Gasteiger charge is 2.42. The molecule has 4 heterocycles. The van der Waals surface area contributed by atoms with Gasteiger partial charge in [0.1, 0.15) is 0 Å². The second-order valence-electron chi connectivity index (χ2n) is 8.76. The second-order valence-corrected chi connectivity index (χ2v) is 8.76. The smallest absolute Gasteiger partial charge is 0.475 e. The minimum Gasteiger partial charge on any atom is -0.475 e. The number of carboxylic acids is 2. The first-order chi connectivity index (χ1) is 17.7. The number of hydroxylamine groups is 2. The molecule has 0 aliphatic carbocycles. The number of ether oxygens (including phenoxy) is 1. The number of halogens is 6. The van der Waals surface area contributed by atoms with Crippen molar-refractivity contribution in [2.75, 3.05) is 39.5 Å². The predicted octanol–water partition coefficient (Wildman–Crippen LogP) is 2.60. The summed E-state index contributed by atoms with van der Waals surface area (Å²) in [6, 6.07) is 4.15. The molecule has 0 saturated carbocycles. The van der Waals surface area contributed by atoms with E-state index in [1.54, 1.807) is 5.06 Å². The van der Waals surface area contributed by atoms with Gasteiger partial charge in [-0.1, -0.05) is 0 Å². The Morgan fingerprint density at radius 1 is 0.974 bits per heavy atom. The van der Waals surface area contributed by atoms with E-state index in [2.05, 4.69) is 22.0 Å². The third kappa shape index (κ3) is 10.1. The number of carbonyl (C=O) groups excluding carboxylic acids is 1. The Morgan fingerprint density at radius 2 is 1.55 bits per heavy atom. The Labute approximate surface area is 213 Å². The minimum atomic E-state index is -5.08. The lowest BCUT2D eigenvalue weighted by atomic mass is 9.81. The van der Waals surface area contributed by atoms with Gasteiger partial charge in [0.05, 0.1) is 26.4 Å². The van der Waals surface area contributed by atoms with Crippen molar-refractivity contribution in [3.63, 3.8) is 0 Å². The van der Waals surface area contributed by atoms with Gasteiger partial charge >= 0.3 is 24.3 Å². The van der Waals surface area contributed by atoms with Crippen LogP contribution in [0.3, 0.4) is 0 Å². The van der Waals surface area contributed by atoms with Gasteiger partial charge in [-0.2, -0.15) is 26.3 Å². The summed E-state index contributed by atoms with van der Waals surface area (Å²) >= 11 is 0. The molecule has 1 amide bonds. The van der Waals surface area contributed by atoms with Crippen molar-refractivity contribution in [3.05, 3.63) is 30.1 Å². The third-order valence-electron chi connectivity index (χ3n) is 5.94. The molecule has 3 saturated heterocycles. The molecule has 3 aliphatic rings. The molecule has 0 radical (unpaired) electrons. The molecular weight excluding hydrogens is 532 g/mol. The van der Waals surface area contributed by atoms with E-state index < -0.39 is 24.3 Å². The number of rotatable bonds is 4. The number of aliphatic carboxylic acids is 2. The van der Waals surface area contributed by atoms with Gasteiger partial charge in [-0.25, -0.2) is 14.7 Å². The summed E-state index contributed by atoms with van der Waals surface area (Å²) in [7, 11) is 0. The first-order valence-corrected chi connectivity index (χ1v) is 11.4. The number of aromatic nitrogens is 1. The van der Waals surface area contributed by atoms with E-state index >= 15 is 0 Å². The zero-order valence-electron chi connectivity index (χ0n) is 20.0. The number of carboxylic acid groups (broad SMARTS) is 2. The minimum absolute atomic E-state index is 0.120. The Kier molecular flexibility index (Phi) is 11.3. The van der Waals surface area contributed by atoms with Crippen LogP contribution in [-0.2, 0) is 30.5 Å². The maximum atomic E-state index is 12.4. The Hall–Kier alpha value is -2.98. The first kappa shape index (κ1) is 31.2. The van der Waals surface area contributed by atoms with Gasteiger partial charge in [0.15, 0.2) is 0 Å². The molecule has 0 spiro atoms. The van der Waals surface area contributed by atoms with Crippen LogP contribution < -0.4 is 0 Å². The normalized spacial score (nSPS) is 23.4. The number of fused-ring (bicyclic) bond motifs is 1. The third-order valence-corrected chi connectivity index (χ3v) is 5.94. The number of hydrogen-bond acceptors (Lipinski definition) is 7. The zero-order valence-corrected chi connectivity index (χ0v) is 20.0. The SMILES string of the molecule is O=C(C[C@@H]1COC[C@H]2CN(Cc3ccncc3)C[C@@H]12)N1CCCO1.O=C(O)C(F)(F)F.O=C(O)C(F)(F)F. The fourth-order valence-corrected chi connectivity index (χ4v) is 4.25. The number of likely N-dealkylation sites (tertiary alicyclic amines) is 1. The van der Waals surface area contributed by atoms with E-state index in [-0.39, 0.29) is 5.91 Å². The molecule has 4 rings (SSSR count). The van der Waals surface area contributed by atoms with Crippen molar-refractivity contribution < 1.29 is 60.5 Å². The van der Waals surface area contributed by atoms with E-state index in [4.69, 9.17) is 29.4 Å². The van der Waals surface area contributed by atoms with Crippen LogP contribution in [0.2, 0.25) is 0 Å². The molecule has 0 unspecified atom stereocenters. The summed E-state index contributed by atoms with van der Waals surface area (Å²) in [4.78, 5) is 42.2. The second kappa shape index (κ2) is 13.7. The van der Waals surface area contributed by atoms with E-state index in [1.807, 2.05) is 12.4 Å². The van der Waals surface area contributed by atoms with Crippen molar-refractivity contribution in [2.45, 2.75) is 31.7 Å². The van der Waals surface area contributed by atoms with Gasteiger partial charge < -0.3 is 14.9 Å². The molecule has 1 aromatic heterocycles. The predicted molar refractivity (Wildman–Crippen MR) is 115 cm³/mol. The van der Waals surface area contributed by atoms with Crippen LogP contribution in [0.25, 0.3) is 0 Å². The van der Waals surface area contributed by atoms with E-state index in [1.165, 1.54) is 5.56 Å². The molecule has 214 valence electrons. The average molecular weight is 559 g/mol. The summed E-state index contributed by atoms with van der Waals surface area (Å²) in [5.74, 6) is -4.00. The summed E-state index contributed by atoms with van der Waals surface area (Å²) < 4.78 is 69.3. The lowest BCUT2D eigenvalue weighted by Crippen LogP contribution is -2.38. The summed E-state index contributed by atoms with van der Waals surface area (Å²) in [5.41, 5.74) is 1.29. The number of pyridine rings is 1. The van der Waals surface area contributed by atoms with Crippen LogP contribution in [0, 0.1) is 17.8 Å². The van der Waals surface area contributed by atoms with E-state index in [0.29, 0.717) is 37.4 Å². The number of carbonyl (C=O) groups is 3.